The molecule has 0 bridgehead atoms. The van der Waals surface area contributed by atoms with Crippen LogP contribution in [-0.2, 0) is 0 Å². The van der Waals surface area contributed by atoms with E-state index in [1.807, 2.05) is 0 Å². The van der Waals surface area contributed by atoms with Crippen LogP contribution in [0, 0.1) is 5.92 Å². The summed E-state index contributed by atoms with van der Waals surface area (Å²) >= 11 is 2.09. The van der Waals surface area contributed by atoms with Gasteiger partial charge in [0.2, 0.25) is 0 Å². The second-order valence-corrected chi connectivity index (χ2v) is 6.36. The van der Waals surface area contributed by atoms with Crippen LogP contribution in [0.5, 0.6) is 0 Å². The molecule has 1 aliphatic rings. The number of rotatable bonds is 8. The quantitative estimate of drug-likeness (QED) is 0.713. The van der Waals surface area contributed by atoms with Crippen molar-refractivity contribution in [2.24, 2.45) is 11.7 Å². The van der Waals surface area contributed by atoms with Gasteiger partial charge >= 0.3 is 0 Å². The Kier molecular flexibility index (Phi) is 7.51. The summed E-state index contributed by atoms with van der Waals surface area (Å²) in [6.45, 7) is 6.59. The molecule has 4 heteroatoms. The molecule has 0 aromatic heterocycles. The van der Waals surface area contributed by atoms with Gasteiger partial charge in [0.1, 0.15) is 0 Å². The summed E-state index contributed by atoms with van der Waals surface area (Å²) in [6.07, 6.45) is 2.61. The van der Waals surface area contributed by atoms with Crippen LogP contribution >= 0.6 is 11.8 Å². The number of thioether (sulfide) groups is 1. The third-order valence-corrected chi connectivity index (χ3v) is 4.86. The minimum absolute atomic E-state index is 0.608. The Balaban J connectivity index is 2.39. The monoisotopic (exact) mass is 259 g/mol. The van der Waals surface area contributed by atoms with E-state index in [2.05, 4.69) is 42.6 Å². The van der Waals surface area contributed by atoms with E-state index < -0.39 is 0 Å². The van der Waals surface area contributed by atoms with Gasteiger partial charge in [0, 0.05) is 12.6 Å². The van der Waals surface area contributed by atoms with Crippen molar-refractivity contribution >= 4 is 11.8 Å². The van der Waals surface area contributed by atoms with E-state index in [0.29, 0.717) is 6.04 Å². The highest BCUT2D eigenvalue weighted by Gasteiger charge is 2.28. The Morgan fingerprint density at radius 1 is 1.35 bits per heavy atom. The molecule has 3 nitrogen and oxygen atoms in total. The fraction of sp³-hybridized carbons (Fsp3) is 1.00. The van der Waals surface area contributed by atoms with E-state index in [1.54, 1.807) is 0 Å². The van der Waals surface area contributed by atoms with E-state index in [0.717, 1.165) is 19.0 Å². The van der Waals surface area contributed by atoms with E-state index in [1.165, 1.54) is 37.4 Å². The molecule has 17 heavy (non-hydrogen) atoms. The molecular weight excluding hydrogens is 230 g/mol. The molecule has 2 atom stereocenters. The van der Waals surface area contributed by atoms with Crippen molar-refractivity contribution in [3.05, 3.63) is 0 Å². The summed E-state index contributed by atoms with van der Waals surface area (Å²) < 4.78 is 0. The molecule has 0 radical (unpaired) electrons. The van der Waals surface area contributed by atoms with Crippen molar-refractivity contribution in [1.82, 2.24) is 9.80 Å². The standard InChI is InChI=1S/C13H29N3S/c1-4-16(8-5-7-15(2)3)13(10-14)12-6-9-17-11-12/h12-13H,4-11,14H2,1-3H3. The minimum Gasteiger partial charge on any atom is -0.329 e. The van der Waals surface area contributed by atoms with Crippen molar-refractivity contribution in [2.75, 3.05) is 51.8 Å². The average Bonchev–Trinajstić information content (AvgIpc) is 2.81. The second-order valence-electron chi connectivity index (χ2n) is 5.21. The van der Waals surface area contributed by atoms with Crippen LogP contribution in [-0.4, -0.2) is 67.6 Å². The van der Waals surface area contributed by atoms with E-state index in [9.17, 15) is 0 Å². The zero-order valence-corrected chi connectivity index (χ0v) is 12.5. The van der Waals surface area contributed by atoms with Gasteiger partial charge in [0.15, 0.2) is 0 Å². The first-order chi connectivity index (χ1) is 8.19. The third-order valence-electron chi connectivity index (χ3n) is 3.68. The highest BCUT2D eigenvalue weighted by Crippen LogP contribution is 2.28. The Labute approximate surface area is 111 Å². The Bertz CT molecular complexity index is 193. The van der Waals surface area contributed by atoms with Crippen LogP contribution in [0.2, 0.25) is 0 Å². The molecule has 0 aliphatic carbocycles. The van der Waals surface area contributed by atoms with Crippen LogP contribution in [0.25, 0.3) is 0 Å². The van der Waals surface area contributed by atoms with Crippen molar-refractivity contribution in [2.45, 2.75) is 25.8 Å². The molecule has 0 aromatic rings. The highest BCUT2D eigenvalue weighted by atomic mass is 32.2. The van der Waals surface area contributed by atoms with Crippen molar-refractivity contribution < 1.29 is 0 Å². The highest BCUT2D eigenvalue weighted by molar-refractivity contribution is 7.99. The molecule has 0 saturated carbocycles. The van der Waals surface area contributed by atoms with Crippen molar-refractivity contribution in [1.29, 1.82) is 0 Å². The molecule has 0 spiro atoms. The van der Waals surface area contributed by atoms with Crippen molar-refractivity contribution in [3.8, 4) is 0 Å². The first-order valence-electron chi connectivity index (χ1n) is 6.85. The van der Waals surface area contributed by atoms with Gasteiger partial charge in [-0.1, -0.05) is 6.92 Å². The largest absolute Gasteiger partial charge is 0.329 e. The molecule has 1 fully saturated rings. The van der Waals surface area contributed by atoms with E-state index in [4.69, 9.17) is 5.73 Å². The topological polar surface area (TPSA) is 32.5 Å². The first kappa shape index (κ1) is 15.3. The lowest BCUT2D eigenvalue weighted by molar-refractivity contribution is 0.156. The Hall–Kier alpha value is 0.230. The van der Waals surface area contributed by atoms with Crippen molar-refractivity contribution in [3.63, 3.8) is 0 Å². The summed E-state index contributed by atoms with van der Waals surface area (Å²) in [4.78, 5) is 4.86. The molecule has 0 aromatic carbocycles. The number of hydrogen-bond acceptors (Lipinski definition) is 4. The lowest BCUT2D eigenvalue weighted by atomic mass is 9.97. The number of hydrogen-bond donors (Lipinski definition) is 1. The number of nitrogens with zero attached hydrogens (tertiary/aromatic N) is 2. The maximum atomic E-state index is 6.00. The molecule has 1 heterocycles. The third kappa shape index (κ3) is 5.16. The fourth-order valence-corrected chi connectivity index (χ4v) is 3.97. The smallest absolute Gasteiger partial charge is 0.0254 e. The van der Waals surface area contributed by atoms with Crippen LogP contribution < -0.4 is 5.73 Å². The molecule has 1 aliphatic heterocycles. The van der Waals surface area contributed by atoms with Gasteiger partial charge in [-0.15, -0.1) is 0 Å². The molecule has 2 unspecified atom stereocenters. The number of nitrogens with two attached hydrogens (primary N) is 1. The summed E-state index contributed by atoms with van der Waals surface area (Å²) in [5.74, 6) is 3.46. The molecule has 2 N–H and O–H groups in total. The zero-order chi connectivity index (χ0) is 12.7. The molecular formula is C13H29N3S. The van der Waals surface area contributed by atoms with Gasteiger partial charge in [0.25, 0.3) is 0 Å². The predicted octanol–water partition coefficient (Wildman–Crippen LogP) is 1.34. The van der Waals surface area contributed by atoms with Crippen LogP contribution in [0.3, 0.4) is 0 Å². The predicted molar refractivity (Wildman–Crippen MR) is 78.7 cm³/mol. The van der Waals surface area contributed by atoms with Gasteiger partial charge in [-0.05, 0) is 64.0 Å². The van der Waals surface area contributed by atoms with Gasteiger partial charge in [-0.2, -0.15) is 11.8 Å². The summed E-state index contributed by atoms with van der Waals surface area (Å²) in [5, 5.41) is 0. The summed E-state index contributed by atoms with van der Waals surface area (Å²) in [6, 6.07) is 0.608. The first-order valence-corrected chi connectivity index (χ1v) is 8.01. The second kappa shape index (κ2) is 8.35. The average molecular weight is 259 g/mol. The minimum atomic E-state index is 0.608. The van der Waals surface area contributed by atoms with Gasteiger partial charge < -0.3 is 10.6 Å². The van der Waals surface area contributed by atoms with Gasteiger partial charge in [-0.25, -0.2) is 0 Å². The lowest BCUT2D eigenvalue weighted by Crippen LogP contribution is -2.46. The van der Waals surface area contributed by atoms with E-state index in [-0.39, 0.29) is 0 Å². The molecule has 1 rings (SSSR count). The maximum absolute atomic E-state index is 6.00. The SMILES string of the molecule is CCN(CCCN(C)C)C(CN)C1CCSC1. The summed E-state index contributed by atoms with van der Waals surface area (Å²) in [5.41, 5.74) is 6.00. The normalized spacial score (nSPS) is 22.6. The molecule has 0 amide bonds. The van der Waals surface area contributed by atoms with Crippen LogP contribution in [0.4, 0.5) is 0 Å². The van der Waals surface area contributed by atoms with E-state index >= 15 is 0 Å². The summed E-state index contributed by atoms with van der Waals surface area (Å²) in [7, 11) is 4.29. The Morgan fingerprint density at radius 2 is 2.12 bits per heavy atom. The molecule has 1 saturated heterocycles. The van der Waals surface area contributed by atoms with Crippen LogP contribution in [0.15, 0.2) is 0 Å². The number of likely N-dealkylation sites (N-methyl/N-ethyl adjacent to an activating group) is 1. The lowest BCUT2D eigenvalue weighted by Gasteiger charge is -2.34. The van der Waals surface area contributed by atoms with Gasteiger partial charge in [-0.3, -0.25) is 4.90 Å². The Morgan fingerprint density at radius 3 is 2.59 bits per heavy atom. The van der Waals surface area contributed by atoms with Gasteiger partial charge in [0.05, 0.1) is 0 Å². The van der Waals surface area contributed by atoms with Crippen LogP contribution in [0.1, 0.15) is 19.8 Å². The maximum Gasteiger partial charge on any atom is 0.0254 e. The molecule has 102 valence electrons. The zero-order valence-electron chi connectivity index (χ0n) is 11.7. The fourth-order valence-electron chi connectivity index (χ4n) is 2.64.